The van der Waals surface area contributed by atoms with Crippen LogP contribution in [0.1, 0.15) is 32.5 Å². The number of esters is 2. The van der Waals surface area contributed by atoms with Crippen LogP contribution in [-0.4, -0.2) is 53.5 Å². The molecule has 3 aromatic rings. The maximum atomic E-state index is 12.8. The highest BCUT2D eigenvalue weighted by Crippen LogP contribution is 2.33. The molecule has 1 N–H and O–H groups in total. The van der Waals surface area contributed by atoms with Crippen LogP contribution >= 0.6 is 0 Å². The maximum absolute atomic E-state index is 12.8. The fraction of sp³-hybridized carbons (Fsp3) is 0.280. The van der Waals surface area contributed by atoms with Crippen molar-refractivity contribution < 1.29 is 28.5 Å². The Hall–Kier alpha value is -4.02. The van der Waals surface area contributed by atoms with Gasteiger partial charge in [-0.1, -0.05) is 36.4 Å². The summed E-state index contributed by atoms with van der Waals surface area (Å²) in [6.45, 7) is 1.27. The topological polar surface area (TPSA) is 126 Å². The van der Waals surface area contributed by atoms with E-state index >= 15 is 0 Å². The lowest BCUT2D eigenvalue weighted by Gasteiger charge is -2.23. The van der Waals surface area contributed by atoms with Crippen LogP contribution in [0.3, 0.4) is 0 Å². The first-order chi connectivity index (χ1) is 16.9. The molecule has 1 aromatic heterocycles. The van der Waals surface area contributed by atoms with Gasteiger partial charge in [-0.05, 0) is 31.2 Å². The normalized spacial score (nSPS) is 21.4. The molecular weight excluding hydrogens is 456 g/mol. The van der Waals surface area contributed by atoms with Crippen LogP contribution in [0.4, 0.5) is 0 Å². The summed E-state index contributed by atoms with van der Waals surface area (Å²) >= 11 is 0. The van der Waals surface area contributed by atoms with Crippen molar-refractivity contribution in [1.29, 1.82) is 0 Å². The molecule has 0 aliphatic carbocycles. The quantitative estimate of drug-likeness (QED) is 0.508. The lowest BCUT2D eigenvalue weighted by molar-refractivity contribution is -0.0658. The maximum Gasteiger partial charge on any atom is 0.338 e. The molecule has 4 atom stereocenters. The Morgan fingerprint density at radius 1 is 0.943 bits per heavy atom. The summed E-state index contributed by atoms with van der Waals surface area (Å²) < 4.78 is 23.9. The molecule has 1 fully saturated rings. The summed E-state index contributed by atoms with van der Waals surface area (Å²) in [5.74, 6) is -1.22. The molecule has 1 aliphatic heterocycles. The molecule has 10 heteroatoms. The number of aromatic amines is 1. The van der Waals surface area contributed by atoms with Crippen molar-refractivity contribution in [2.45, 2.75) is 31.5 Å². The van der Waals surface area contributed by atoms with E-state index in [0.717, 1.165) is 4.57 Å². The van der Waals surface area contributed by atoms with E-state index in [1.807, 2.05) is 0 Å². The highest BCUT2D eigenvalue weighted by Gasteiger charge is 2.49. The van der Waals surface area contributed by atoms with Gasteiger partial charge in [0.2, 0.25) is 0 Å². The van der Waals surface area contributed by atoms with E-state index in [1.54, 1.807) is 60.7 Å². The predicted molar refractivity (Wildman–Crippen MR) is 123 cm³/mol. The summed E-state index contributed by atoms with van der Waals surface area (Å²) in [6, 6.07) is 16.7. The van der Waals surface area contributed by atoms with Gasteiger partial charge in [0, 0.05) is 18.9 Å². The van der Waals surface area contributed by atoms with Crippen LogP contribution in [0.5, 0.6) is 0 Å². The van der Waals surface area contributed by atoms with Gasteiger partial charge in [-0.2, -0.15) is 0 Å². The highest BCUT2D eigenvalue weighted by atomic mass is 16.6. The summed E-state index contributed by atoms with van der Waals surface area (Å²) in [5, 5.41) is 0. The van der Waals surface area contributed by atoms with Crippen molar-refractivity contribution in [3.05, 3.63) is 104 Å². The highest BCUT2D eigenvalue weighted by molar-refractivity contribution is 5.90. The van der Waals surface area contributed by atoms with Gasteiger partial charge in [0.05, 0.1) is 11.1 Å². The van der Waals surface area contributed by atoms with E-state index in [1.165, 1.54) is 20.2 Å². The van der Waals surface area contributed by atoms with Crippen molar-refractivity contribution in [1.82, 2.24) is 9.55 Å². The number of carbonyl (C=O) groups excluding carboxylic acids is 2. The van der Waals surface area contributed by atoms with Crippen molar-refractivity contribution in [3.63, 3.8) is 0 Å². The number of aryl methyl sites for hydroxylation is 1. The zero-order chi connectivity index (χ0) is 24.9. The molecule has 35 heavy (non-hydrogen) atoms. The number of methoxy groups -OCH3 is 1. The lowest BCUT2D eigenvalue weighted by Crippen LogP contribution is -2.41. The Kier molecular flexibility index (Phi) is 7.23. The minimum Gasteiger partial charge on any atom is -0.459 e. The largest absolute Gasteiger partial charge is 0.459 e. The number of hydrogen-bond donors (Lipinski definition) is 1. The van der Waals surface area contributed by atoms with Crippen LogP contribution < -0.4 is 11.2 Å². The monoisotopic (exact) mass is 480 g/mol. The van der Waals surface area contributed by atoms with Crippen molar-refractivity contribution in [3.8, 4) is 0 Å². The minimum atomic E-state index is -1.06. The molecule has 1 aliphatic rings. The van der Waals surface area contributed by atoms with Crippen LogP contribution in [0.2, 0.25) is 0 Å². The van der Waals surface area contributed by atoms with Gasteiger partial charge >= 0.3 is 17.6 Å². The van der Waals surface area contributed by atoms with Gasteiger partial charge in [-0.25, -0.2) is 14.4 Å². The summed E-state index contributed by atoms with van der Waals surface area (Å²) in [5.41, 5.74) is -0.320. The second kappa shape index (κ2) is 10.5. The summed E-state index contributed by atoms with van der Waals surface area (Å²) in [7, 11) is 1.38. The first-order valence-electron chi connectivity index (χ1n) is 10.9. The van der Waals surface area contributed by atoms with Crippen molar-refractivity contribution in [2.75, 3.05) is 13.7 Å². The third-order valence-corrected chi connectivity index (χ3v) is 5.62. The van der Waals surface area contributed by atoms with E-state index < -0.39 is 47.7 Å². The summed E-state index contributed by atoms with van der Waals surface area (Å²) in [4.78, 5) is 51.9. The smallest absolute Gasteiger partial charge is 0.338 e. The Bertz CT molecular complexity index is 1300. The molecule has 0 bridgehead atoms. The molecule has 2 heterocycles. The molecule has 182 valence electrons. The van der Waals surface area contributed by atoms with E-state index in [4.69, 9.17) is 18.9 Å². The van der Waals surface area contributed by atoms with Gasteiger partial charge in [-0.15, -0.1) is 0 Å². The van der Waals surface area contributed by atoms with Gasteiger partial charge in [0.15, 0.2) is 12.3 Å². The van der Waals surface area contributed by atoms with Crippen molar-refractivity contribution >= 4 is 11.9 Å². The van der Waals surface area contributed by atoms with Gasteiger partial charge in [0.1, 0.15) is 18.8 Å². The predicted octanol–water partition coefficient (Wildman–Crippen LogP) is 1.84. The fourth-order valence-electron chi connectivity index (χ4n) is 3.82. The first-order valence-corrected chi connectivity index (χ1v) is 10.9. The first kappa shape index (κ1) is 24.1. The third-order valence-electron chi connectivity index (χ3n) is 5.62. The molecule has 0 unspecified atom stereocenters. The average Bonchev–Trinajstić information content (AvgIpc) is 3.22. The van der Waals surface area contributed by atoms with Gasteiger partial charge < -0.3 is 18.9 Å². The molecule has 0 radical (unpaired) electrons. The van der Waals surface area contributed by atoms with Crippen molar-refractivity contribution in [2.24, 2.45) is 0 Å². The second-order valence-corrected chi connectivity index (χ2v) is 7.94. The Labute approximate surface area is 200 Å². The Morgan fingerprint density at radius 2 is 1.54 bits per heavy atom. The van der Waals surface area contributed by atoms with Crippen LogP contribution in [0.25, 0.3) is 0 Å². The Morgan fingerprint density at radius 3 is 2.14 bits per heavy atom. The van der Waals surface area contributed by atoms with Crippen LogP contribution in [0.15, 0.2) is 76.4 Å². The molecule has 1 saturated heterocycles. The van der Waals surface area contributed by atoms with E-state index in [2.05, 4.69) is 4.98 Å². The third kappa shape index (κ3) is 5.23. The molecule has 4 rings (SSSR count). The molecule has 0 saturated carbocycles. The van der Waals surface area contributed by atoms with E-state index in [0.29, 0.717) is 11.1 Å². The molecular formula is C25H24N2O8. The standard InChI is InChI=1S/C25H24N2O8/c1-15-13-27(25(31)26-21(15)28)22-20(32-2)19(35-24(30)17-11-7-4-8-12-17)18(34-22)14-33-23(29)16-9-5-3-6-10-16/h3-13,18-20,22H,14H2,1-2H3,(H,26,28,31)/t18-,19-,20-,22-/m1/s1. The minimum absolute atomic E-state index is 0.270. The molecule has 2 aromatic carbocycles. The molecule has 0 spiro atoms. The van der Waals surface area contributed by atoms with E-state index in [9.17, 15) is 19.2 Å². The zero-order valence-corrected chi connectivity index (χ0v) is 19.1. The number of ether oxygens (including phenoxy) is 4. The zero-order valence-electron chi connectivity index (χ0n) is 19.1. The number of rotatable bonds is 7. The number of aromatic nitrogens is 2. The van der Waals surface area contributed by atoms with Gasteiger partial charge in [-0.3, -0.25) is 14.3 Å². The van der Waals surface area contributed by atoms with E-state index in [-0.39, 0.29) is 12.2 Å². The number of nitrogens with zero attached hydrogens (tertiary/aromatic N) is 1. The number of nitrogens with one attached hydrogen (secondary N) is 1. The number of benzene rings is 2. The Balaban J connectivity index is 1.62. The lowest BCUT2D eigenvalue weighted by atomic mass is 10.1. The fourth-order valence-corrected chi connectivity index (χ4v) is 3.82. The van der Waals surface area contributed by atoms with Gasteiger partial charge in [0.25, 0.3) is 5.56 Å². The summed E-state index contributed by atoms with van der Waals surface area (Å²) in [6.07, 6.45) is -2.64. The second-order valence-electron chi connectivity index (χ2n) is 7.94. The van der Waals surface area contributed by atoms with Crippen LogP contribution in [0, 0.1) is 6.92 Å². The number of hydrogen-bond acceptors (Lipinski definition) is 8. The number of carbonyl (C=O) groups is 2. The number of H-pyrrole nitrogens is 1. The SMILES string of the molecule is CO[C@@H]1[C@H](OC(=O)c2ccccc2)[C@@H](COC(=O)c2ccccc2)O[C@H]1n1cc(C)c(=O)[nH]c1=O. The van der Waals surface area contributed by atoms with Crippen LogP contribution in [-0.2, 0) is 18.9 Å². The average molecular weight is 480 g/mol. The molecule has 0 amide bonds. The molecule has 10 nitrogen and oxygen atoms in total.